The van der Waals surface area contributed by atoms with Crippen LogP contribution in [0.3, 0.4) is 0 Å². The molecule has 2 aliphatic rings. The van der Waals surface area contributed by atoms with Gasteiger partial charge in [0, 0.05) is 66.2 Å². The van der Waals surface area contributed by atoms with Gasteiger partial charge in [-0.25, -0.2) is 19.5 Å². The first-order chi connectivity index (χ1) is 12.9. The van der Waals surface area contributed by atoms with Crippen LogP contribution in [0.5, 0.6) is 0 Å². The Morgan fingerprint density at radius 2 is 1.89 bits per heavy atom. The number of nitrogens with zero attached hydrogens (tertiary/aromatic N) is 6. The molecule has 1 fully saturated rings. The molecule has 0 amide bonds. The van der Waals surface area contributed by atoms with Crippen molar-refractivity contribution >= 4 is 11.6 Å². The number of hydrogen-bond acceptors (Lipinski definition) is 6. The Kier molecular flexibility index (Phi) is 3.53. The second kappa shape index (κ2) is 5.73. The van der Waals surface area contributed by atoms with E-state index in [0.717, 1.165) is 36.3 Å². The summed E-state index contributed by atoms with van der Waals surface area (Å²) in [6.45, 7) is 7.43. The molecule has 3 aromatic heterocycles. The van der Waals surface area contributed by atoms with Gasteiger partial charge in [-0.2, -0.15) is 5.10 Å². The highest BCUT2D eigenvalue weighted by molar-refractivity contribution is 5.45. The van der Waals surface area contributed by atoms with E-state index in [-0.39, 0.29) is 5.41 Å². The molecular weight excluding hydrogens is 338 g/mol. The minimum Gasteiger partial charge on any atom is -0.368 e. The predicted molar refractivity (Wildman–Crippen MR) is 103 cm³/mol. The summed E-state index contributed by atoms with van der Waals surface area (Å²) in [5, 5.41) is 4.91. The molecule has 3 aromatic rings. The van der Waals surface area contributed by atoms with Gasteiger partial charge in [0.15, 0.2) is 5.65 Å². The average molecular weight is 363 g/mol. The Bertz CT molecular complexity index is 1000. The van der Waals surface area contributed by atoms with E-state index in [1.54, 1.807) is 0 Å². The van der Waals surface area contributed by atoms with Crippen molar-refractivity contribution in [2.24, 2.45) is 0 Å². The SMILES string of the molecule is CC(C)(C)c1cc2ncc3c(n2n1)C[C@H]1CC[C@@H]3N1Cc1cnc(N)nc1. The Morgan fingerprint density at radius 3 is 2.63 bits per heavy atom. The molecule has 2 aliphatic heterocycles. The van der Waals surface area contributed by atoms with Gasteiger partial charge in [0.2, 0.25) is 5.95 Å². The van der Waals surface area contributed by atoms with E-state index in [1.165, 1.54) is 17.7 Å². The third-order valence-corrected chi connectivity index (χ3v) is 5.90. The van der Waals surface area contributed by atoms with Crippen LogP contribution in [0.4, 0.5) is 5.95 Å². The number of aromatic nitrogens is 5. The standard InChI is InChI=1S/C20H25N7/c1-20(2,3)17-7-18-22-10-14-15-5-4-13(6-16(14)27(18)25-17)26(15)11-12-8-23-19(21)24-9-12/h7-10,13,15H,4-6,11H2,1-3H3,(H2,21,23,24)/t13-,15+/m1/s1. The van der Waals surface area contributed by atoms with Gasteiger partial charge in [-0.05, 0) is 12.8 Å². The largest absolute Gasteiger partial charge is 0.368 e. The molecule has 0 saturated carbocycles. The van der Waals surface area contributed by atoms with Crippen LogP contribution in [-0.2, 0) is 18.4 Å². The van der Waals surface area contributed by atoms with E-state index in [4.69, 9.17) is 15.8 Å². The van der Waals surface area contributed by atoms with Gasteiger partial charge < -0.3 is 5.73 Å². The van der Waals surface area contributed by atoms with Crippen LogP contribution < -0.4 is 5.73 Å². The lowest BCUT2D eigenvalue weighted by Gasteiger charge is -2.36. The fraction of sp³-hybridized carbons (Fsp3) is 0.500. The number of anilines is 1. The Labute approximate surface area is 158 Å². The van der Waals surface area contributed by atoms with Crippen LogP contribution in [-0.4, -0.2) is 35.5 Å². The monoisotopic (exact) mass is 363 g/mol. The van der Waals surface area contributed by atoms with Gasteiger partial charge >= 0.3 is 0 Å². The van der Waals surface area contributed by atoms with Gasteiger partial charge in [0.05, 0.1) is 11.4 Å². The minimum atomic E-state index is 0.0232. The van der Waals surface area contributed by atoms with E-state index in [1.807, 2.05) is 12.4 Å². The summed E-state index contributed by atoms with van der Waals surface area (Å²) in [6, 6.07) is 3.03. The molecule has 2 atom stereocenters. The van der Waals surface area contributed by atoms with E-state index < -0.39 is 0 Å². The highest BCUT2D eigenvalue weighted by Crippen LogP contribution is 2.44. The second-order valence-corrected chi connectivity index (χ2v) is 8.78. The zero-order valence-corrected chi connectivity index (χ0v) is 16.1. The van der Waals surface area contributed by atoms with Gasteiger partial charge in [-0.15, -0.1) is 0 Å². The van der Waals surface area contributed by atoms with E-state index >= 15 is 0 Å². The molecule has 140 valence electrons. The van der Waals surface area contributed by atoms with E-state index in [2.05, 4.69) is 52.4 Å². The van der Waals surface area contributed by atoms with Gasteiger partial charge in [0.25, 0.3) is 0 Å². The first-order valence-electron chi connectivity index (χ1n) is 9.60. The van der Waals surface area contributed by atoms with Crippen molar-refractivity contribution in [2.45, 2.75) is 64.1 Å². The van der Waals surface area contributed by atoms with E-state index in [9.17, 15) is 0 Å². The fourth-order valence-corrected chi connectivity index (χ4v) is 4.45. The van der Waals surface area contributed by atoms with E-state index in [0.29, 0.717) is 18.0 Å². The molecule has 7 nitrogen and oxygen atoms in total. The molecule has 2 N–H and O–H groups in total. The molecule has 0 unspecified atom stereocenters. The lowest BCUT2D eigenvalue weighted by Crippen LogP contribution is -2.38. The molecule has 5 heterocycles. The van der Waals surface area contributed by atoms with Crippen LogP contribution in [0, 0.1) is 0 Å². The highest BCUT2D eigenvalue weighted by atomic mass is 15.3. The number of nitrogen functional groups attached to an aromatic ring is 1. The van der Waals surface area contributed by atoms with Gasteiger partial charge in [-0.1, -0.05) is 20.8 Å². The number of rotatable bonds is 2. The first kappa shape index (κ1) is 16.6. The predicted octanol–water partition coefficient (Wildman–Crippen LogP) is 2.66. The maximum absolute atomic E-state index is 5.62. The fourth-order valence-electron chi connectivity index (χ4n) is 4.45. The van der Waals surface area contributed by atoms with Crippen LogP contribution >= 0.6 is 0 Å². The minimum absolute atomic E-state index is 0.0232. The Balaban J connectivity index is 1.52. The van der Waals surface area contributed by atoms with Crippen LogP contribution in [0.25, 0.3) is 5.65 Å². The Morgan fingerprint density at radius 1 is 1.11 bits per heavy atom. The quantitative estimate of drug-likeness (QED) is 0.753. The lowest BCUT2D eigenvalue weighted by atomic mass is 9.93. The molecule has 0 radical (unpaired) electrons. The molecule has 7 heteroatoms. The van der Waals surface area contributed by atoms with Crippen molar-refractivity contribution in [3.8, 4) is 0 Å². The average Bonchev–Trinajstić information content (AvgIpc) is 3.18. The zero-order valence-electron chi connectivity index (χ0n) is 16.1. The number of hydrogen-bond donors (Lipinski definition) is 1. The molecule has 0 aliphatic carbocycles. The third kappa shape index (κ3) is 2.68. The second-order valence-electron chi connectivity index (χ2n) is 8.78. The maximum atomic E-state index is 5.62. The van der Waals surface area contributed by atoms with Gasteiger partial charge in [0.1, 0.15) is 0 Å². The third-order valence-electron chi connectivity index (χ3n) is 5.90. The molecule has 0 aromatic carbocycles. The topological polar surface area (TPSA) is 85.2 Å². The summed E-state index contributed by atoms with van der Waals surface area (Å²) < 4.78 is 2.09. The maximum Gasteiger partial charge on any atom is 0.219 e. The van der Waals surface area contributed by atoms with Crippen molar-refractivity contribution < 1.29 is 0 Å². The zero-order chi connectivity index (χ0) is 18.8. The van der Waals surface area contributed by atoms with Gasteiger partial charge in [-0.3, -0.25) is 4.90 Å². The lowest BCUT2D eigenvalue weighted by molar-refractivity contribution is 0.164. The number of fused-ring (bicyclic) bond motifs is 6. The molecule has 2 bridgehead atoms. The summed E-state index contributed by atoms with van der Waals surface area (Å²) in [4.78, 5) is 15.6. The van der Waals surface area contributed by atoms with Crippen molar-refractivity contribution in [3.05, 3.63) is 47.2 Å². The summed E-state index contributed by atoms with van der Waals surface area (Å²) in [7, 11) is 0. The summed E-state index contributed by atoms with van der Waals surface area (Å²) in [5.74, 6) is 0.325. The van der Waals surface area contributed by atoms with Crippen LogP contribution in [0.1, 0.15) is 62.2 Å². The molecular formula is C20H25N7. The van der Waals surface area contributed by atoms with Crippen molar-refractivity contribution in [1.29, 1.82) is 0 Å². The molecule has 0 spiro atoms. The first-order valence-corrected chi connectivity index (χ1v) is 9.60. The molecule has 27 heavy (non-hydrogen) atoms. The van der Waals surface area contributed by atoms with Crippen molar-refractivity contribution in [2.75, 3.05) is 5.73 Å². The Hall–Kier alpha value is -2.54. The van der Waals surface area contributed by atoms with Crippen LogP contribution in [0.15, 0.2) is 24.7 Å². The summed E-state index contributed by atoms with van der Waals surface area (Å²) >= 11 is 0. The van der Waals surface area contributed by atoms with Crippen molar-refractivity contribution in [3.63, 3.8) is 0 Å². The molecule has 5 rings (SSSR count). The summed E-state index contributed by atoms with van der Waals surface area (Å²) in [5.41, 5.74) is 11.4. The normalized spacial score (nSPS) is 22.3. The summed E-state index contributed by atoms with van der Waals surface area (Å²) in [6.07, 6.45) is 9.10. The highest BCUT2D eigenvalue weighted by Gasteiger charge is 2.41. The molecule has 1 saturated heterocycles. The van der Waals surface area contributed by atoms with Crippen molar-refractivity contribution in [1.82, 2.24) is 29.5 Å². The van der Waals surface area contributed by atoms with Crippen LogP contribution in [0.2, 0.25) is 0 Å². The number of nitrogens with two attached hydrogens (primary N) is 1. The smallest absolute Gasteiger partial charge is 0.219 e.